The Labute approximate surface area is 113 Å². The number of rotatable bonds is 5. The number of Topliss-reactive ketones (excluding diaryl/α,β-unsaturated/α-hetero) is 1. The molecule has 1 aromatic heterocycles. The van der Waals surface area contributed by atoms with Crippen LogP contribution in [0.15, 0.2) is 24.5 Å². The number of nitrogens with zero attached hydrogens (tertiary/aromatic N) is 2. The molecule has 0 fully saturated rings. The summed E-state index contributed by atoms with van der Waals surface area (Å²) >= 11 is 0. The molecule has 2 rings (SSSR count). The van der Waals surface area contributed by atoms with Gasteiger partial charge in [-0.2, -0.15) is 0 Å². The minimum absolute atomic E-state index is 0.106. The predicted octanol–water partition coefficient (Wildman–Crippen LogP) is 2.80. The summed E-state index contributed by atoms with van der Waals surface area (Å²) in [6.07, 6.45) is 1.83. The van der Waals surface area contributed by atoms with Crippen molar-refractivity contribution in [2.24, 2.45) is 0 Å². The number of aromatic nitrogens is 2. The van der Waals surface area contributed by atoms with Crippen LogP contribution in [0.4, 0.5) is 0 Å². The van der Waals surface area contributed by atoms with Crippen LogP contribution >= 0.6 is 0 Å². The molecule has 0 radical (unpaired) electrons. The van der Waals surface area contributed by atoms with Crippen molar-refractivity contribution in [1.82, 2.24) is 14.9 Å². The molecular weight excluding hydrogens is 238 g/mol. The highest BCUT2D eigenvalue weighted by atomic mass is 16.1. The molecule has 0 atom stereocenters. The van der Waals surface area contributed by atoms with E-state index in [1.54, 1.807) is 0 Å². The van der Waals surface area contributed by atoms with E-state index in [0.717, 1.165) is 16.6 Å². The minimum atomic E-state index is 0.106. The number of fused-ring (bicyclic) bond motifs is 1. The average Bonchev–Trinajstić information content (AvgIpc) is 2.78. The summed E-state index contributed by atoms with van der Waals surface area (Å²) in [4.78, 5) is 16.4. The molecular formula is C15H21N3O. The van der Waals surface area contributed by atoms with E-state index >= 15 is 0 Å². The molecule has 0 spiro atoms. The van der Waals surface area contributed by atoms with Gasteiger partial charge in [-0.3, -0.25) is 4.79 Å². The first-order valence-corrected chi connectivity index (χ1v) is 6.72. The second-order valence-electron chi connectivity index (χ2n) is 5.41. The summed E-state index contributed by atoms with van der Waals surface area (Å²) in [6.45, 7) is 8.66. The maximum Gasteiger partial charge on any atom is 0.176 e. The van der Waals surface area contributed by atoms with Crippen molar-refractivity contribution in [3.8, 4) is 0 Å². The predicted molar refractivity (Wildman–Crippen MR) is 77.6 cm³/mol. The van der Waals surface area contributed by atoms with E-state index in [1.807, 2.05) is 38.4 Å². The first-order valence-electron chi connectivity index (χ1n) is 6.72. The number of benzene rings is 1. The highest BCUT2D eigenvalue weighted by molar-refractivity contribution is 6.00. The molecule has 4 heteroatoms. The summed E-state index contributed by atoms with van der Waals surface area (Å²) < 4.78 is 2.11. The fourth-order valence-corrected chi connectivity index (χ4v) is 2.02. The van der Waals surface area contributed by atoms with Crippen LogP contribution in [-0.2, 0) is 0 Å². The Bertz CT molecular complexity index is 584. The lowest BCUT2D eigenvalue weighted by Crippen LogP contribution is -2.29. The molecule has 0 saturated carbocycles. The molecule has 4 nitrogen and oxygen atoms in total. The zero-order valence-electron chi connectivity index (χ0n) is 12.0. The van der Waals surface area contributed by atoms with Gasteiger partial charge in [-0.15, -0.1) is 0 Å². The molecule has 1 aromatic carbocycles. The molecule has 102 valence electrons. The number of ketones is 1. The van der Waals surface area contributed by atoms with Gasteiger partial charge in [0.1, 0.15) is 0 Å². The largest absolute Gasteiger partial charge is 0.328 e. The van der Waals surface area contributed by atoms with E-state index in [9.17, 15) is 4.79 Å². The van der Waals surface area contributed by atoms with Crippen molar-refractivity contribution < 1.29 is 4.79 Å². The summed E-state index contributed by atoms with van der Waals surface area (Å²) in [5.74, 6) is 0.106. The third-order valence-electron chi connectivity index (χ3n) is 3.12. The Morgan fingerprint density at radius 3 is 2.68 bits per heavy atom. The molecule has 0 bridgehead atoms. The number of hydrogen-bond acceptors (Lipinski definition) is 3. The van der Waals surface area contributed by atoms with Crippen LogP contribution in [-0.4, -0.2) is 27.9 Å². The molecule has 1 N–H and O–H groups in total. The summed E-state index contributed by atoms with van der Waals surface area (Å²) in [7, 11) is 0. The third kappa shape index (κ3) is 3.01. The quantitative estimate of drug-likeness (QED) is 0.840. The van der Waals surface area contributed by atoms with Gasteiger partial charge in [0.05, 0.1) is 23.9 Å². The lowest BCUT2D eigenvalue weighted by Gasteiger charge is -2.09. The molecule has 0 saturated heterocycles. The van der Waals surface area contributed by atoms with E-state index in [0.29, 0.717) is 18.6 Å². The van der Waals surface area contributed by atoms with E-state index in [2.05, 4.69) is 28.7 Å². The van der Waals surface area contributed by atoms with Crippen LogP contribution in [0.1, 0.15) is 44.1 Å². The van der Waals surface area contributed by atoms with E-state index in [4.69, 9.17) is 0 Å². The van der Waals surface area contributed by atoms with Gasteiger partial charge >= 0.3 is 0 Å². The van der Waals surface area contributed by atoms with Crippen LogP contribution < -0.4 is 5.32 Å². The van der Waals surface area contributed by atoms with Crippen LogP contribution in [0.2, 0.25) is 0 Å². The van der Waals surface area contributed by atoms with Crippen molar-refractivity contribution in [3.63, 3.8) is 0 Å². The number of hydrogen-bond donors (Lipinski definition) is 1. The molecule has 0 unspecified atom stereocenters. The van der Waals surface area contributed by atoms with E-state index < -0.39 is 0 Å². The topological polar surface area (TPSA) is 46.9 Å². The Morgan fingerprint density at radius 1 is 1.32 bits per heavy atom. The van der Waals surface area contributed by atoms with Gasteiger partial charge in [0, 0.05) is 17.6 Å². The Balaban J connectivity index is 2.25. The maximum atomic E-state index is 12.0. The molecule has 0 aliphatic carbocycles. The van der Waals surface area contributed by atoms with Crippen LogP contribution in [0.25, 0.3) is 11.0 Å². The molecule has 19 heavy (non-hydrogen) atoms. The van der Waals surface area contributed by atoms with Gasteiger partial charge in [0.15, 0.2) is 5.78 Å². The van der Waals surface area contributed by atoms with Crippen LogP contribution in [0.5, 0.6) is 0 Å². The van der Waals surface area contributed by atoms with Gasteiger partial charge in [-0.05, 0) is 32.0 Å². The van der Waals surface area contributed by atoms with Gasteiger partial charge in [0.25, 0.3) is 0 Å². The lowest BCUT2D eigenvalue weighted by atomic mass is 10.1. The highest BCUT2D eigenvalue weighted by Gasteiger charge is 2.10. The monoisotopic (exact) mass is 259 g/mol. The second-order valence-corrected chi connectivity index (χ2v) is 5.41. The average molecular weight is 259 g/mol. The molecule has 0 aliphatic heterocycles. The summed E-state index contributed by atoms with van der Waals surface area (Å²) in [5, 5.41) is 3.14. The fraction of sp³-hybridized carbons (Fsp3) is 0.467. The normalized spacial score (nSPS) is 11.7. The lowest BCUT2D eigenvalue weighted by molar-refractivity contribution is 0.0988. The highest BCUT2D eigenvalue weighted by Crippen LogP contribution is 2.18. The van der Waals surface area contributed by atoms with Crippen molar-refractivity contribution in [1.29, 1.82) is 0 Å². The summed E-state index contributed by atoms with van der Waals surface area (Å²) in [6, 6.07) is 6.42. The van der Waals surface area contributed by atoms with E-state index in [1.165, 1.54) is 0 Å². The second kappa shape index (κ2) is 5.53. The van der Waals surface area contributed by atoms with Crippen molar-refractivity contribution in [3.05, 3.63) is 30.1 Å². The standard InChI is InChI=1S/C15H21N3O/c1-10(2)16-8-15(19)12-5-6-14-13(7-12)17-9-18(14)11(3)4/h5-7,9-11,16H,8H2,1-4H3. The first kappa shape index (κ1) is 13.7. The Hall–Kier alpha value is -1.68. The smallest absolute Gasteiger partial charge is 0.176 e. The van der Waals surface area contributed by atoms with Gasteiger partial charge < -0.3 is 9.88 Å². The number of imidazole rings is 1. The molecule has 1 heterocycles. The fourth-order valence-electron chi connectivity index (χ4n) is 2.02. The zero-order chi connectivity index (χ0) is 14.0. The molecule has 2 aromatic rings. The van der Waals surface area contributed by atoms with Gasteiger partial charge in [-0.1, -0.05) is 13.8 Å². The van der Waals surface area contributed by atoms with Crippen molar-refractivity contribution >= 4 is 16.8 Å². The Kier molecular flexibility index (Phi) is 4.00. The molecule has 0 aliphatic rings. The van der Waals surface area contributed by atoms with Crippen molar-refractivity contribution in [2.45, 2.75) is 39.8 Å². The molecule has 0 amide bonds. The van der Waals surface area contributed by atoms with Gasteiger partial charge in [-0.25, -0.2) is 4.98 Å². The first-order chi connectivity index (χ1) is 8.99. The third-order valence-corrected chi connectivity index (χ3v) is 3.12. The van der Waals surface area contributed by atoms with Crippen molar-refractivity contribution in [2.75, 3.05) is 6.54 Å². The number of carbonyl (C=O) groups is 1. The minimum Gasteiger partial charge on any atom is -0.328 e. The summed E-state index contributed by atoms with van der Waals surface area (Å²) in [5.41, 5.74) is 2.67. The Morgan fingerprint density at radius 2 is 2.05 bits per heavy atom. The SMILES string of the molecule is CC(C)NCC(=O)c1ccc2c(c1)ncn2C(C)C. The number of nitrogens with one attached hydrogen (secondary N) is 1. The zero-order valence-corrected chi connectivity index (χ0v) is 12.0. The van der Waals surface area contributed by atoms with E-state index in [-0.39, 0.29) is 5.78 Å². The van der Waals surface area contributed by atoms with Crippen LogP contribution in [0.3, 0.4) is 0 Å². The van der Waals surface area contributed by atoms with Crippen LogP contribution in [0, 0.1) is 0 Å². The maximum absolute atomic E-state index is 12.0. The van der Waals surface area contributed by atoms with Gasteiger partial charge in [0.2, 0.25) is 0 Å². The number of carbonyl (C=O) groups excluding carboxylic acids is 1.